The molecule has 0 aromatic heterocycles. The lowest BCUT2D eigenvalue weighted by Gasteiger charge is -2.30. The lowest BCUT2D eigenvalue weighted by Crippen LogP contribution is -2.55. The smallest absolute Gasteiger partial charge is 0.270 e. The van der Waals surface area contributed by atoms with Gasteiger partial charge in [0.1, 0.15) is 0 Å². The Balaban J connectivity index is 2.73. The molecule has 0 radical (unpaired) electrons. The van der Waals surface area contributed by atoms with Gasteiger partial charge in [-0.3, -0.25) is 0 Å². The van der Waals surface area contributed by atoms with E-state index in [0.717, 1.165) is 6.08 Å². The number of aliphatic carboxylic acids is 1. The molecule has 3 nitrogen and oxygen atoms in total. The van der Waals surface area contributed by atoms with E-state index in [-0.39, 0.29) is 12.8 Å². The van der Waals surface area contributed by atoms with Gasteiger partial charge in [0.05, 0.1) is 11.5 Å². The molecule has 0 bridgehead atoms. The maximum atomic E-state index is 12.8. The lowest BCUT2D eigenvalue weighted by molar-refractivity contribution is -0.313. The van der Waals surface area contributed by atoms with Crippen molar-refractivity contribution in [2.45, 2.75) is 37.6 Å². The molecule has 0 saturated heterocycles. The van der Waals surface area contributed by atoms with Crippen LogP contribution in [0.15, 0.2) is 23.8 Å². The number of hydrogen-bond donors (Lipinski definition) is 1. The monoisotopic (exact) mass is 230 g/mol. The van der Waals surface area contributed by atoms with Gasteiger partial charge in [-0.1, -0.05) is 19.1 Å². The van der Waals surface area contributed by atoms with Crippen LogP contribution >= 0.6 is 0 Å². The molecule has 0 saturated carbocycles. The first-order valence-corrected chi connectivity index (χ1v) is 5.05. The van der Waals surface area contributed by atoms with E-state index in [0.29, 0.717) is 5.57 Å². The highest BCUT2D eigenvalue weighted by Crippen LogP contribution is 2.29. The zero-order chi connectivity index (χ0) is 12.4. The van der Waals surface area contributed by atoms with E-state index in [1.807, 2.05) is 0 Å². The van der Waals surface area contributed by atoms with Gasteiger partial charge in [-0.05, 0) is 24.5 Å². The normalized spacial score (nSPS) is 22.4. The summed E-state index contributed by atoms with van der Waals surface area (Å²) in [6.45, 7) is 1.62. The average molecular weight is 230 g/mol. The number of carboxylic acid groups (broad SMARTS) is 1. The maximum Gasteiger partial charge on any atom is 0.270 e. The van der Waals surface area contributed by atoms with Crippen LogP contribution in [0.3, 0.4) is 0 Å². The summed E-state index contributed by atoms with van der Waals surface area (Å²) in [5.41, 5.74) is 4.64. The van der Waals surface area contributed by atoms with E-state index in [4.69, 9.17) is 5.73 Å². The second kappa shape index (κ2) is 4.33. The van der Waals surface area contributed by atoms with Crippen molar-refractivity contribution in [3.8, 4) is 0 Å². The number of rotatable bonds is 4. The minimum absolute atomic E-state index is 0.0123. The molecule has 0 aromatic rings. The van der Waals surface area contributed by atoms with E-state index < -0.39 is 23.9 Å². The Morgan fingerprint density at radius 1 is 1.69 bits per heavy atom. The molecule has 1 aliphatic carbocycles. The summed E-state index contributed by atoms with van der Waals surface area (Å²) in [6, 6.07) is 0. The Labute approximate surface area is 92.6 Å². The first kappa shape index (κ1) is 12.8. The van der Waals surface area contributed by atoms with E-state index in [9.17, 15) is 18.7 Å². The zero-order valence-corrected chi connectivity index (χ0v) is 9.00. The third-order valence-corrected chi connectivity index (χ3v) is 2.73. The first-order valence-electron chi connectivity index (χ1n) is 5.05. The summed E-state index contributed by atoms with van der Waals surface area (Å²) in [7, 11) is 0. The fourth-order valence-electron chi connectivity index (χ4n) is 1.47. The van der Waals surface area contributed by atoms with Crippen LogP contribution in [0, 0.1) is 0 Å². The zero-order valence-electron chi connectivity index (χ0n) is 9.00. The van der Waals surface area contributed by atoms with Crippen LogP contribution in [0.1, 0.15) is 26.2 Å². The Hall–Kier alpha value is -1.23. The molecule has 0 spiro atoms. The van der Waals surface area contributed by atoms with Crippen LogP contribution in [-0.4, -0.2) is 17.4 Å². The molecule has 0 fully saturated rings. The van der Waals surface area contributed by atoms with Crippen molar-refractivity contribution in [1.29, 1.82) is 0 Å². The molecule has 2 N–H and O–H groups in total. The van der Waals surface area contributed by atoms with Crippen LogP contribution in [0.4, 0.5) is 8.78 Å². The minimum Gasteiger partial charge on any atom is -0.548 e. The highest BCUT2D eigenvalue weighted by atomic mass is 19.3. The Morgan fingerprint density at radius 2 is 2.31 bits per heavy atom. The molecule has 1 aliphatic rings. The molecule has 0 heterocycles. The van der Waals surface area contributed by atoms with Crippen molar-refractivity contribution < 1.29 is 18.7 Å². The van der Waals surface area contributed by atoms with E-state index >= 15 is 0 Å². The summed E-state index contributed by atoms with van der Waals surface area (Å²) >= 11 is 0. The van der Waals surface area contributed by atoms with Gasteiger partial charge < -0.3 is 15.6 Å². The van der Waals surface area contributed by atoms with Crippen LogP contribution in [0.5, 0.6) is 0 Å². The van der Waals surface area contributed by atoms with Crippen molar-refractivity contribution in [2.24, 2.45) is 5.73 Å². The number of allylic oxidation sites excluding steroid dienone is 3. The van der Waals surface area contributed by atoms with Crippen molar-refractivity contribution in [2.75, 3.05) is 0 Å². The SMILES string of the molecule is CCC(N)(CC1=CCC(F)(F)C=C1)C(=O)[O-]. The van der Waals surface area contributed by atoms with Crippen molar-refractivity contribution >= 4 is 5.97 Å². The van der Waals surface area contributed by atoms with Gasteiger partial charge in [0.15, 0.2) is 0 Å². The number of hydrogen-bond acceptors (Lipinski definition) is 3. The highest BCUT2D eigenvalue weighted by Gasteiger charge is 2.30. The topological polar surface area (TPSA) is 66.2 Å². The largest absolute Gasteiger partial charge is 0.548 e. The van der Waals surface area contributed by atoms with Crippen molar-refractivity contribution in [3.63, 3.8) is 0 Å². The van der Waals surface area contributed by atoms with Crippen LogP contribution in [-0.2, 0) is 4.79 Å². The number of halogens is 2. The number of carbonyl (C=O) groups is 1. The summed E-state index contributed by atoms with van der Waals surface area (Å²) in [4.78, 5) is 10.8. The van der Waals surface area contributed by atoms with E-state index in [2.05, 4.69) is 0 Å². The minimum atomic E-state index is -2.84. The molecule has 0 aromatic carbocycles. The molecule has 1 rings (SSSR count). The van der Waals surface area contributed by atoms with Crippen LogP contribution < -0.4 is 10.8 Å². The van der Waals surface area contributed by atoms with Gasteiger partial charge in [-0.25, -0.2) is 8.78 Å². The average Bonchev–Trinajstić information content (AvgIpc) is 2.21. The second-order valence-corrected chi connectivity index (χ2v) is 4.05. The van der Waals surface area contributed by atoms with Gasteiger partial charge in [0.2, 0.25) is 0 Å². The molecular weight excluding hydrogens is 216 g/mol. The van der Waals surface area contributed by atoms with Crippen molar-refractivity contribution in [3.05, 3.63) is 23.8 Å². The fourth-order valence-corrected chi connectivity index (χ4v) is 1.47. The van der Waals surface area contributed by atoms with Crippen LogP contribution in [0.2, 0.25) is 0 Å². The molecule has 1 atom stereocenters. The molecule has 90 valence electrons. The number of carboxylic acids is 1. The Bertz CT molecular complexity index is 350. The van der Waals surface area contributed by atoms with Gasteiger partial charge >= 0.3 is 0 Å². The lowest BCUT2D eigenvalue weighted by atomic mass is 9.87. The van der Waals surface area contributed by atoms with E-state index in [1.165, 1.54) is 12.2 Å². The number of carbonyl (C=O) groups excluding carboxylic acids is 1. The van der Waals surface area contributed by atoms with Crippen LogP contribution in [0.25, 0.3) is 0 Å². The molecular formula is C11H14F2NO2-. The molecule has 1 unspecified atom stereocenters. The first-order chi connectivity index (χ1) is 7.29. The second-order valence-electron chi connectivity index (χ2n) is 4.05. The third-order valence-electron chi connectivity index (χ3n) is 2.73. The van der Waals surface area contributed by atoms with Crippen molar-refractivity contribution in [1.82, 2.24) is 0 Å². The van der Waals surface area contributed by atoms with E-state index in [1.54, 1.807) is 6.92 Å². The fraction of sp³-hybridized carbons (Fsp3) is 0.545. The predicted molar refractivity (Wildman–Crippen MR) is 53.6 cm³/mol. The summed E-state index contributed by atoms with van der Waals surface area (Å²) in [5.74, 6) is -4.20. The Kier molecular flexibility index (Phi) is 3.48. The van der Waals surface area contributed by atoms with Gasteiger partial charge in [-0.2, -0.15) is 0 Å². The third kappa shape index (κ3) is 2.88. The summed E-state index contributed by atoms with van der Waals surface area (Å²) in [5, 5.41) is 10.8. The predicted octanol–water partition coefficient (Wildman–Crippen LogP) is 0.755. The summed E-state index contributed by atoms with van der Waals surface area (Å²) < 4.78 is 25.5. The molecule has 0 aliphatic heterocycles. The van der Waals surface area contributed by atoms with Gasteiger partial charge in [0.25, 0.3) is 5.92 Å². The number of alkyl halides is 2. The van der Waals surface area contributed by atoms with Gasteiger partial charge in [0, 0.05) is 6.42 Å². The standard InChI is InChI=1S/C11H15F2NO2/c1-2-10(14,9(15)16)7-8-3-5-11(12,13)6-4-8/h3-5H,2,6-7,14H2,1H3,(H,15,16)/p-1. The Morgan fingerprint density at radius 3 is 2.69 bits per heavy atom. The number of nitrogens with two attached hydrogens (primary N) is 1. The molecule has 5 heteroatoms. The van der Waals surface area contributed by atoms with Gasteiger partial charge in [-0.15, -0.1) is 0 Å². The maximum absolute atomic E-state index is 12.8. The quantitative estimate of drug-likeness (QED) is 0.775. The summed E-state index contributed by atoms with van der Waals surface area (Å²) in [6.07, 6.45) is 3.11. The highest BCUT2D eigenvalue weighted by molar-refractivity contribution is 5.77. The molecule has 0 amide bonds. The molecule has 16 heavy (non-hydrogen) atoms.